The van der Waals surface area contributed by atoms with Gasteiger partial charge in [0.05, 0.1) is 0 Å². The Morgan fingerprint density at radius 1 is 0.458 bits per heavy atom. The zero-order valence-corrected chi connectivity index (χ0v) is 43.8. The molecule has 0 amide bonds. The molecule has 0 radical (unpaired) electrons. The number of rotatable bonds is 10. The molecule has 8 heteroatoms. The van der Waals surface area contributed by atoms with Crippen molar-refractivity contribution in [3.8, 4) is 0 Å². The zero-order valence-electron chi connectivity index (χ0n) is 34.1. The van der Waals surface area contributed by atoms with E-state index < -0.39 is 59.9 Å². The number of halogens is 1. The molecule has 0 saturated heterocycles. The Bertz CT molecular complexity index is 1500. The topological polar surface area (TPSA) is 0 Å². The molecule has 0 spiro atoms. The minimum atomic E-state index is -3.39. The summed E-state index contributed by atoms with van der Waals surface area (Å²) in [4.78, 5) is 0. The molecule has 1 aliphatic rings. The van der Waals surface area contributed by atoms with Crippen LogP contribution in [0.15, 0.2) is 60.7 Å². The van der Waals surface area contributed by atoms with Crippen molar-refractivity contribution in [3.63, 3.8) is 0 Å². The average Bonchev–Trinajstić information content (AvgIpc) is 2.83. The van der Waals surface area contributed by atoms with Crippen LogP contribution in [0.5, 0.6) is 0 Å². The van der Waals surface area contributed by atoms with Crippen LogP contribution in [0.3, 0.4) is 0 Å². The van der Waals surface area contributed by atoms with Gasteiger partial charge < -0.3 is 0 Å². The predicted molar refractivity (Wildman–Crippen MR) is 244 cm³/mol. The first kappa shape index (κ1) is 40.8. The van der Waals surface area contributed by atoms with Gasteiger partial charge in [-0.1, -0.05) is 0 Å². The van der Waals surface area contributed by atoms with Gasteiger partial charge in [0.1, 0.15) is 0 Å². The third-order valence-corrected chi connectivity index (χ3v) is 53.1. The van der Waals surface area contributed by atoms with Crippen molar-refractivity contribution < 1.29 is 0 Å². The van der Waals surface area contributed by atoms with Gasteiger partial charge in [-0.2, -0.15) is 0 Å². The second-order valence-electron chi connectivity index (χ2n) is 21.7. The van der Waals surface area contributed by atoms with Crippen molar-refractivity contribution in [1.82, 2.24) is 0 Å². The predicted octanol–water partition coefficient (Wildman–Crippen LogP) is 11.5. The first-order valence-electron chi connectivity index (χ1n) is 18.6. The summed E-state index contributed by atoms with van der Waals surface area (Å²) in [5, 5.41) is 2.11. The van der Waals surface area contributed by atoms with E-state index in [0.29, 0.717) is 10.3 Å². The summed E-state index contributed by atoms with van der Waals surface area (Å²) in [6, 6.07) is 25.1. The summed E-state index contributed by atoms with van der Waals surface area (Å²) < 4.78 is 5.16. The summed E-state index contributed by atoms with van der Waals surface area (Å²) in [5.74, 6) is 0. The Morgan fingerprint density at radius 2 is 0.750 bits per heavy atom. The zero-order chi connectivity index (χ0) is 36.6. The van der Waals surface area contributed by atoms with Crippen molar-refractivity contribution in [2.45, 2.75) is 140 Å². The van der Waals surface area contributed by atoms with Crippen LogP contribution >= 0.6 is 14.0 Å². The van der Waals surface area contributed by atoms with Gasteiger partial charge >= 0.3 is 315 Å². The molecule has 0 nitrogen and oxygen atoms in total. The van der Waals surface area contributed by atoms with Gasteiger partial charge in [0.15, 0.2) is 0 Å². The summed E-state index contributed by atoms with van der Waals surface area (Å²) in [5.41, 5.74) is 8.48. The van der Waals surface area contributed by atoms with Gasteiger partial charge in [0.25, 0.3) is 0 Å². The van der Waals surface area contributed by atoms with E-state index >= 15 is 0 Å². The third kappa shape index (κ3) is 7.98. The number of hydrogen-bond acceptors (Lipinski definition) is 0. The fourth-order valence-electron chi connectivity index (χ4n) is 11.1. The van der Waals surface area contributed by atoms with Crippen molar-refractivity contribution >= 4 is 87.1 Å². The number of benzene rings is 3. The maximum absolute atomic E-state index is 5.01. The second-order valence-corrected chi connectivity index (χ2v) is 67.6. The molecule has 3 aromatic rings. The molecule has 48 heavy (non-hydrogen) atoms. The first-order valence-corrected chi connectivity index (χ1v) is 48.1. The van der Waals surface area contributed by atoms with E-state index in [1.165, 1.54) is 0 Å². The van der Waals surface area contributed by atoms with Gasteiger partial charge in [-0.15, -0.1) is 0 Å². The molecule has 1 heterocycles. The van der Waals surface area contributed by atoms with E-state index in [1.807, 2.05) is 15.5 Å². The van der Waals surface area contributed by atoms with Crippen molar-refractivity contribution in [3.05, 3.63) is 88.5 Å². The Morgan fingerprint density at radius 3 is 1.04 bits per heavy atom. The summed E-state index contributed by atoms with van der Waals surface area (Å²) in [6.45, 7) is 48.4. The van der Waals surface area contributed by atoms with Crippen LogP contribution in [0.2, 0.25) is 118 Å². The van der Waals surface area contributed by atoms with E-state index in [0.717, 1.165) is 11.6 Å². The average molecular weight is 871 g/mol. The van der Waals surface area contributed by atoms with Gasteiger partial charge in [-0.05, 0) is 0 Å². The molecule has 0 N–H and O–H groups in total. The molecule has 0 aromatic heterocycles. The van der Waals surface area contributed by atoms with Crippen LogP contribution in [-0.2, 0) is 6.42 Å². The summed E-state index contributed by atoms with van der Waals surface area (Å²) >= 11 is 1.63. The SMILES string of the molecule is C[Si](C)(C)C(c1cc(C([Si](C)(C)C)[Si](C)(C)C)[c]([Ge]2([Br])[c]3ccccc3Cc3cccc[c]32)c(C([Si](C)(C)C)[Si](C)(C)C)c1)[Si](C)(C)C. The van der Waals surface area contributed by atoms with E-state index in [-0.39, 0.29) is 0 Å². The number of hydrogen-bond donors (Lipinski definition) is 0. The Balaban J connectivity index is 2.43. The van der Waals surface area contributed by atoms with E-state index in [2.05, 4.69) is 179 Å². The molecular weight excluding hydrogens is 801 g/mol. The fraction of sp³-hybridized carbons (Fsp3) is 0.550. The molecule has 0 unspecified atom stereocenters. The Kier molecular flexibility index (Phi) is 11.4. The van der Waals surface area contributed by atoms with E-state index in [1.54, 1.807) is 25.5 Å². The molecule has 0 aliphatic carbocycles. The minimum absolute atomic E-state index is 0.688. The summed E-state index contributed by atoms with van der Waals surface area (Å²) in [7, 11) is -9.71. The third-order valence-electron chi connectivity index (χ3n) is 10.9. The quantitative estimate of drug-likeness (QED) is 0.178. The van der Waals surface area contributed by atoms with Crippen molar-refractivity contribution in [2.24, 2.45) is 0 Å². The van der Waals surface area contributed by atoms with E-state index in [4.69, 9.17) is 14.0 Å². The summed E-state index contributed by atoms with van der Waals surface area (Å²) in [6.07, 6.45) is 1.05. The normalized spacial score (nSPS) is 16.0. The molecule has 4 rings (SSSR count). The van der Waals surface area contributed by atoms with Crippen LogP contribution in [0.1, 0.15) is 43.3 Å². The molecule has 3 aromatic carbocycles. The molecule has 1 aliphatic heterocycles. The molecule has 0 bridgehead atoms. The Hall–Kier alpha value is -0.0158. The van der Waals surface area contributed by atoms with E-state index in [9.17, 15) is 0 Å². The second kappa shape index (κ2) is 13.4. The molecule has 0 fully saturated rings. The van der Waals surface area contributed by atoms with Gasteiger partial charge in [0, 0.05) is 0 Å². The standard InChI is InChI=1S/C40H69BrGeSi6/c1-43(2,3)38(44(4,5)6)32-28-33(39(45(7,8)9)46(10,11)12)37(34(29-32)40(47(13,14)15)48(16,17)18)42(41)35-25-21-19-23-30(35)27-31-24-20-22-26-36(31)42/h19-26,28-29,38-40H,27H2,1-18H3. The van der Waals surface area contributed by atoms with Crippen molar-refractivity contribution in [2.75, 3.05) is 0 Å². The van der Waals surface area contributed by atoms with Crippen LogP contribution in [0.25, 0.3) is 0 Å². The maximum atomic E-state index is 5.01. The number of fused-ring (bicyclic) bond motifs is 2. The molecule has 0 atom stereocenters. The first-order chi connectivity index (χ1) is 21.5. The van der Waals surface area contributed by atoms with Crippen molar-refractivity contribution in [1.29, 1.82) is 0 Å². The van der Waals surface area contributed by atoms with Crippen LogP contribution < -0.4 is 13.2 Å². The van der Waals surface area contributed by atoms with Gasteiger partial charge in [0.2, 0.25) is 0 Å². The van der Waals surface area contributed by atoms with Gasteiger partial charge in [-0.3, -0.25) is 0 Å². The molecular formula is C40H69BrGeSi6. The Labute approximate surface area is 312 Å². The molecule has 264 valence electrons. The molecule has 0 saturated carbocycles. The van der Waals surface area contributed by atoms with Crippen LogP contribution in [0, 0.1) is 0 Å². The monoisotopic (exact) mass is 870 g/mol. The van der Waals surface area contributed by atoms with Crippen LogP contribution in [-0.4, -0.2) is 59.9 Å². The van der Waals surface area contributed by atoms with Crippen LogP contribution in [0.4, 0.5) is 0 Å². The fourth-order valence-corrected chi connectivity index (χ4v) is 65.2. The van der Waals surface area contributed by atoms with Gasteiger partial charge in [-0.25, -0.2) is 0 Å².